The Morgan fingerprint density at radius 1 is 1.13 bits per heavy atom. The van der Waals surface area contributed by atoms with E-state index in [1.807, 2.05) is 0 Å². The second kappa shape index (κ2) is 7.53. The molecule has 8 heteroatoms. The van der Waals surface area contributed by atoms with Crippen LogP contribution in [0.3, 0.4) is 0 Å². The van der Waals surface area contributed by atoms with E-state index in [1.165, 1.54) is 18.2 Å². The molecule has 3 unspecified atom stereocenters. The van der Waals surface area contributed by atoms with Crippen molar-refractivity contribution in [1.29, 1.82) is 0 Å². The predicted octanol–water partition coefficient (Wildman–Crippen LogP) is -1.04. The number of hydrogen-bond donors (Lipinski definition) is 5. The van der Waals surface area contributed by atoms with Crippen molar-refractivity contribution in [1.82, 2.24) is 0 Å². The number of aliphatic hydroxyl groups excluding tert-OH is 4. The molecule has 1 fully saturated rings. The number of carboxylic acid groups (broad SMARTS) is 1. The molecule has 1 aromatic rings. The number of carbonyl (C=O) groups is 1. The average molecular weight is 326 g/mol. The molecule has 0 spiro atoms. The van der Waals surface area contributed by atoms with Crippen molar-refractivity contribution in [2.75, 3.05) is 6.61 Å². The molecule has 0 aliphatic carbocycles. The Morgan fingerprint density at radius 2 is 1.78 bits per heavy atom. The van der Waals surface area contributed by atoms with Crippen molar-refractivity contribution >= 4 is 12.0 Å². The lowest BCUT2D eigenvalue weighted by Gasteiger charge is -2.39. The molecule has 126 valence electrons. The summed E-state index contributed by atoms with van der Waals surface area (Å²) in [5.74, 6) is -0.756. The quantitative estimate of drug-likeness (QED) is 0.433. The maximum absolute atomic E-state index is 10.4. The molecule has 1 aromatic carbocycles. The van der Waals surface area contributed by atoms with E-state index in [4.69, 9.17) is 19.7 Å². The lowest BCUT2D eigenvalue weighted by molar-refractivity contribution is -0.277. The second-order valence-electron chi connectivity index (χ2n) is 5.06. The summed E-state index contributed by atoms with van der Waals surface area (Å²) in [6, 6.07) is 6.25. The van der Waals surface area contributed by atoms with Crippen LogP contribution in [-0.2, 0) is 9.53 Å². The third-order valence-corrected chi connectivity index (χ3v) is 3.40. The fourth-order valence-corrected chi connectivity index (χ4v) is 2.12. The number of ether oxygens (including phenoxy) is 2. The van der Waals surface area contributed by atoms with Gasteiger partial charge in [-0.2, -0.15) is 0 Å². The van der Waals surface area contributed by atoms with E-state index < -0.39 is 43.3 Å². The van der Waals surface area contributed by atoms with Crippen LogP contribution in [0.25, 0.3) is 6.08 Å². The minimum Gasteiger partial charge on any atom is -0.478 e. The lowest BCUT2D eigenvalue weighted by atomic mass is 9.99. The molecule has 2 rings (SSSR count). The molecule has 1 aliphatic heterocycles. The van der Waals surface area contributed by atoms with Crippen LogP contribution < -0.4 is 4.74 Å². The van der Waals surface area contributed by atoms with Crippen LogP contribution in [0.15, 0.2) is 30.3 Å². The molecule has 0 saturated carbocycles. The van der Waals surface area contributed by atoms with Crippen molar-refractivity contribution in [3.8, 4) is 5.75 Å². The minimum absolute atomic E-state index is 0.307. The van der Waals surface area contributed by atoms with Gasteiger partial charge in [-0.3, -0.25) is 0 Å². The first-order valence-electron chi connectivity index (χ1n) is 6.90. The van der Waals surface area contributed by atoms with Crippen LogP contribution in [0.5, 0.6) is 5.75 Å². The van der Waals surface area contributed by atoms with Crippen LogP contribution in [0.4, 0.5) is 0 Å². The lowest BCUT2D eigenvalue weighted by Crippen LogP contribution is -2.60. The van der Waals surface area contributed by atoms with Gasteiger partial charge >= 0.3 is 5.97 Å². The van der Waals surface area contributed by atoms with Crippen molar-refractivity contribution in [3.63, 3.8) is 0 Å². The number of carboxylic acids is 1. The first-order valence-corrected chi connectivity index (χ1v) is 6.90. The Bertz CT molecular complexity index is 553. The molecular weight excluding hydrogens is 308 g/mol. The Morgan fingerprint density at radius 3 is 2.35 bits per heavy atom. The standard InChI is InChI=1S/C15H18O8/c16-7-10-12(19)13(20)14(21)15(23-10)22-9-4-1-8(2-5-9)3-6-11(17)18/h1-6,10,12-16,19-21H,7H2,(H,17,18)/b6-3+/t10?,12-,13?,14?,15+/m0/s1. The van der Waals surface area contributed by atoms with Gasteiger partial charge < -0.3 is 35.0 Å². The third-order valence-electron chi connectivity index (χ3n) is 3.40. The Labute approximate surface area is 131 Å². The van der Waals surface area contributed by atoms with Crippen LogP contribution >= 0.6 is 0 Å². The molecule has 1 heterocycles. The Kier molecular flexibility index (Phi) is 5.69. The molecule has 1 saturated heterocycles. The fraction of sp³-hybridized carbons (Fsp3) is 0.400. The molecule has 0 aromatic heterocycles. The van der Waals surface area contributed by atoms with Gasteiger partial charge in [-0.15, -0.1) is 0 Å². The monoisotopic (exact) mass is 326 g/mol. The van der Waals surface area contributed by atoms with Crippen LogP contribution in [0.2, 0.25) is 0 Å². The van der Waals surface area contributed by atoms with Gasteiger partial charge in [-0.05, 0) is 23.8 Å². The Hall–Kier alpha value is -1.97. The van der Waals surface area contributed by atoms with Crippen molar-refractivity contribution in [2.24, 2.45) is 0 Å². The zero-order valence-corrected chi connectivity index (χ0v) is 12.0. The van der Waals surface area contributed by atoms with Gasteiger partial charge in [0.2, 0.25) is 6.29 Å². The number of rotatable bonds is 5. The Balaban J connectivity index is 2.04. The minimum atomic E-state index is -1.51. The summed E-state index contributed by atoms with van der Waals surface area (Å²) in [5, 5.41) is 46.9. The summed E-state index contributed by atoms with van der Waals surface area (Å²) in [7, 11) is 0. The van der Waals surface area contributed by atoms with Gasteiger partial charge in [0.25, 0.3) is 0 Å². The van der Waals surface area contributed by atoms with E-state index in [0.717, 1.165) is 6.08 Å². The predicted molar refractivity (Wildman–Crippen MR) is 77.5 cm³/mol. The van der Waals surface area contributed by atoms with Gasteiger partial charge in [0, 0.05) is 6.08 Å². The highest BCUT2D eigenvalue weighted by molar-refractivity contribution is 5.85. The summed E-state index contributed by atoms with van der Waals surface area (Å²) in [6.07, 6.45) is -4.35. The van der Waals surface area contributed by atoms with Crippen LogP contribution in [0, 0.1) is 0 Å². The molecule has 23 heavy (non-hydrogen) atoms. The normalized spacial score (nSPS) is 31.2. The van der Waals surface area contributed by atoms with E-state index >= 15 is 0 Å². The highest BCUT2D eigenvalue weighted by Gasteiger charge is 2.44. The van der Waals surface area contributed by atoms with Crippen LogP contribution in [-0.4, -0.2) is 68.8 Å². The summed E-state index contributed by atoms with van der Waals surface area (Å²) >= 11 is 0. The topological polar surface area (TPSA) is 137 Å². The number of aliphatic carboxylic acids is 1. The van der Waals surface area contributed by atoms with Crippen LogP contribution in [0.1, 0.15) is 5.56 Å². The summed E-state index contributed by atoms with van der Waals surface area (Å²) in [4.78, 5) is 10.4. The van der Waals surface area contributed by atoms with Crippen molar-refractivity contribution in [2.45, 2.75) is 30.7 Å². The molecule has 8 nitrogen and oxygen atoms in total. The summed E-state index contributed by atoms with van der Waals surface area (Å²) in [5.41, 5.74) is 0.633. The highest BCUT2D eigenvalue weighted by Crippen LogP contribution is 2.24. The van der Waals surface area contributed by atoms with E-state index in [1.54, 1.807) is 12.1 Å². The number of hydrogen-bond acceptors (Lipinski definition) is 7. The van der Waals surface area contributed by atoms with Crippen molar-refractivity contribution in [3.05, 3.63) is 35.9 Å². The average Bonchev–Trinajstić information content (AvgIpc) is 2.54. The van der Waals surface area contributed by atoms with E-state index in [9.17, 15) is 20.1 Å². The summed E-state index contributed by atoms with van der Waals surface area (Å²) in [6.45, 7) is -0.538. The molecule has 5 atom stereocenters. The molecule has 0 radical (unpaired) electrons. The fourth-order valence-electron chi connectivity index (χ4n) is 2.12. The number of benzene rings is 1. The van der Waals surface area contributed by atoms with E-state index in [-0.39, 0.29) is 0 Å². The molecular formula is C15H18O8. The maximum Gasteiger partial charge on any atom is 0.328 e. The zero-order valence-electron chi connectivity index (χ0n) is 12.0. The highest BCUT2D eigenvalue weighted by atomic mass is 16.7. The van der Waals surface area contributed by atoms with Gasteiger partial charge in [0.05, 0.1) is 6.61 Å². The number of aliphatic hydroxyl groups is 4. The molecule has 1 aliphatic rings. The molecule has 0 bridgehead atoms. The smallest absolute Gasteiger partial charge is 0.328 e. The molecule has 0 amide bonds. The SMILES string of the molecule is O=C(O)/C=C/c1ccc(O[C@@H]2OC(CO)[C@H](O)C(O)C2O)cc1. The first kappa shape index (κ1) is 17.4. The van der Waals surface area contributed by atoms with Crippen molar-refractivity contribution < 1.29 is 39.8 Å². The van der Waals surface area contributed by atoms with Gasteiger partial charge in [0.1, 0.15) is 30.2 Å². The first-order chi connectivity index (χ1) is 10.9. The third kappa shape index (κ3) is 4.27. The largest absolute Gasteiger partial charge is 0.478 e. The zero-order chi connectivity index (χ0) is 17.0. The second-order valence-corrected chi connectivity index (χ2v) is 5.06. The molecule has 5 N–H and O–H groups in total. The van der Waals surface area contributed by atoms with E-state index in [2.05, 4.69) is 0 Å². The van der Waals surface area contributed by atoms with Gasteiger partial charge in [-0.25, -0.2) is 4.79 Å². The van der Waals surface area contributed by atoms with E-state index in [0.29, 0.717) is 11.3 Å². The summed E-state index contributed by atoms with van der Waals surface area (Å²) < 4.78 is 10.6. The van der Waals surface area contributed by atoms with Gasteiger partial charge in [-0.1, -0.05) is 12.1 Å². The maximum atomic E-state index is 10.4. The van der Waals surface area contributed by atoms with Gasteiger partial charge in [0.15, 0.2) is 0 Å².